The number of hydrogen-bond acceptors (Lipinski definition) is 4. The summed E-state index contributed by atoms with van der Waals surface area (Å²) in [6.07, 6.45) is 1.94. The summed E-state index contributed by atoms with van der Waals surface area (Å²) in [4.78, 5) is 0. The lowest BCUT2D eigenvalue weighted by molar-refractivity contribution is 0.476. The summed E-state index contributed by atoms with van der Waals surface area (Å²) >= 11 is 0. The van der Waals surface area contributed by atoms with Gasteiger partial charge in [-0.05, 0) is 30.5 Å². The molecule has 1 aromatic rings. The molecule has 1 aromatic carbocycles. The molecule has 1 fully saturated rings. The second kappa shape index (κ2) is 5.03. The number of hydrogen-bond donors (Lipinski definition) is 2. The van der Waals surface area contributed by atoms with E-state index >= 15 is 0 Å². The van der Waals surface area contributed by atoms with Crippen molar-refractivity contribution in [3.8, 4) is 0 Å². The largest absolute Gasteiger partial charge is 0.324 e. The molecular weight excluding hydrogens is 238 g/mol. The van der Waals surface area contributed by atoms with Gasteiger partial charge >= 0.3 is 0 Å². The molecule has 0 aromatic heterocycles. The molecule has 3 N–H and O–H groups in total. The summed E-state index contributed by atoms with van der Waals surface area (Å²) in [6, 6.07) is 7.11. The van der Waals surface area contributed by atoms with Crippen LogP contribution in [0.1, 0.15) is 18.4 Å². The first kappa shape index (κ1) is 12.3. The highest BCUT2D eigenvalue weighted by Gasteiger charge is 2.25. The van der Waals surface area contributed by atoms with Crippen LogP contribution in [0, 0.1) is 0 Å². The highest BCUT2D eigenvalue weighted by molar-refractivity contribution is 7.88. The number of nitrogens with zero attached hydrogens (tertiary/aromatic N) is 1. The molecule has 6 heteroatoms. The Hall–Kier alpha value is -1.11. The number of nitrogens with two attached hydrogens (primary N) is 1. The van der Waals surface area contributed by atoms with Gasteiger partial charge in [0.05, 0.1) is 5.75 Å². The smallest absolute Gasteiger partial charge is 0.218 e. The topological polar surface area (TPSA) is 75.4 Å². The summed E-state index contributed by atoms with van der Waals surface area (Å²) in [5.74, 6) is 5.32. The number of benzene rings is 1. The molecule has 17 heavy (non-hydrogen) atoms. The van der Waals surface area contributed by atoms with Crippen LogP contribution >= 0.6 is 0 Å². The van der Waals surface area contributed by atoms with Gasteiger partial charge in [0.1, 0.15) is 0 Å². The molecule has 0 spiro atoms. The van der Waals surface area contributed by atoms with Crippen molar-refractivity contribution in [2.24, 2.45) is 5.84 Å². The van der Waals surface area contributed by atoms with E-state index in [1.54, 1.807) is 28.6 Å². The maximum absolute atomic E-state index is 12.0. The summed E-state index contributed by atoms with van der Waals surface area (Å²) in [7, 11) is -3.15. The molecule has 1 aliphatic heterocycles. The van der Waals surface area contributed by atoms with E-state index in [9.17, 15) is 8.42 Å². The molecule has 0 amide bonds. The van der Waals surface area contributed by atoms with Crippen LogP contribution in [-0.4, -0.2) is 25.8 Å². The zero-order valence-corrected chi connectivity index (χ0v) is 10.4. The van der Waals surface area contributed by atoms with Crippen molar-refractivity contribution in [3.05, 3.63) is 29.8 Å². The fraction of sp³-hybridized carbons (Fsp3) is 0.455. The molecule has 1 heterocycles. The van der Waals surface area contributed by atoms with Crippen LogP contribution in [0.2, 0.25) is 0 Å². The van der Waals surface area contributed by atoms with Crippen molar-refractivity contribution in [1.29, 1.82) is 0 Å². The molecular formula is C11H17N3O2S. The Kier molecular flexibility index (Phi) is 3.66. The van der Waals surface area contributed by atoms with Gasteiger partial charge in [-0.2, -0.15) is 0 Å². The second-order valence-corrected chi connectivity index (χ2v) is 6.17. The van der Waals surface area contributed by atoms with Crippen molar-refractivity contribution < 1.29 is 8.42 Å². The number of nitrogen functional groups attached to an aromatic ring is 1. The summed E-state index contributed by atoms with van der Waals surface area (Å²) in [5, 5.41) is 0. The van der Waals surface area contributed by atoms with Crippen molar-refractivity contribution in [3.63, 3.8) is 0 Å². The molecule has 1 aliphatic rings. The van der Waals surface area contributed by atoms with E-state index in [0.29, 0.717) is 13.1 Å². The monoisotopic (exact) mass is 255 g/mol. The van der Waals surface area contributed by atoms with E-state index < -0.39 is 10.0 Å². The first-order valence-electron chi connectivity index (χ1n) is 5.65. The van der Waals surface area contributed by atoms with E-state index in [0.717, 1.165) is 24.1 Å². The van der Waals surface area contributed by atoms with Crippen LogP contribution in [0.25, 0.3) is 0 Å². The third-order valence-corrected chi connectivity index (χ3v) is 4.78. The molecule has 1 saturated heterocycles. The summed E-state index contributed by atoms with van der Waals surface area (Å²) < 4.78 is 25.7. The molecule has 0 saturated carbocycles. The third kappa shape index (κ3) is 2.96. The lowest BCUT2D eigenvalue weighted by Gasteiger charge is -2.15. The SMILES string of the molecule is NNc1ccc(CS(=O)(=O)N2CCCC2)cc1. The van der Waals surface area contributed by atoms with Crippen LogP contribution in [0.5, 0.6) is 0 Å². The Morgan fingerprint density at radius 2 is 1.76 bits per heavy atom. The zero-order chi connectivity index (χ0) is 12.3. The zero-order valence-electron chi connectivity index (χ0n) is 9.59. The molecule has 0 atom stereocenters. The molecule has 2 rings (SSSR count). The van der Waals surface area contributed by atoms with Crippen LogP contribution in [0.3, 0.4) is 0 Å². The molecule has 0 aliphatic carbocycles. The van der Waals surface area contributed by atoms with Crippen LogP contribution in [0.4, 0.5) is 5.69 Å². The number of anilines is 1. The van der Waals surface area contributed by atoms with Gasteiger partial charge in [-0.3, -0.25) is 5.84 Å². The molecule has 0 radical (unpaired) electrons. The normalized spacial score (nSPS) is 17.2. The second-order valence-electron chi connectivity index (χ2n) is 4.20. The standard InChI is InChI=1S/C11H17N3O2S/c12-13-11-5-3-10(4-6-11)9-17(15,16)14-7-1-2-8-14/h3-6,13H,1-2,7-9,12H2. The number of rotatable bonds is 4. The highest BCUT2D eigenvalue weighted by atomic mass is 32.2. The molecule has 94 valence electrons. The molecule has 5 nitrogen and oxygen atoms in total. The van der Waals surface area contributed by atoms with Crippen molar-refractivity contribution in [1.82, 2.24) is 4.31 Å². The average molecular weight is 255 g/mol. The first-order valence-corrected chi connectivity index (χ1v) is 7.26. The van der Waals surface area contributed by atoms with E-state index in [-0.39, 0.29) is 5.75 Å². The highest BCUT2D eigenvalue weighted by Crippen LogP contribution is 2.18. The fourth-order valence-corrected chi connectivity index (χ4v) is 3.58. The predicted octanol–water partition coefficient (Wildman–Crippen LogP) is 0.898. The third-order valence-electron chi connectivity index (χ3n) is 2.93. The first-order chi connectivity index (χ1) is 8.12. The van der Waals surface area contributed by atoms with Crippen molar-refractivity contribution in [2.75, 3.05) is 18.5 Å². The van der Waals surface area contributed by atoms with Crippen LogP contribution in [0.15, 0.2) is 24.3 Å². The van der Waals surface area contributed by atoms with Gasteiger partial charge < -0.3 is 5.43 Å². The Morgan fingerprint density at radius 1 is 1.18 bits per heavy atom. The predicted molar refractivity (Wildman–Crippen MR) is 67.7 cm³/mol. The van der Waals surface area contributed by atoms with Gasteiger partial charge in [-0.1, -0.05) is 12.1 Å². The molecule has 0 bridgehead atoms. The van der Waals surface area contributed by atoms with E-state index in [1.165, 1.54) is 0 Å². The average Bonchev–Trinajstić information content (AvgIpc) is 2.84. The number of nitrogens with one attached hydrogen (secondary N) is 1. The van der Waals surface area contributed by atoms with Gasteiger partial charge in [-0.15, -0.1) is 0 Å². The number of hydrazine groups is 1. The number of sulfonamides is 1. The van der Waals surface area contributed by atoms with Crippen LogP contribution < -0.4 is 11.3 Å². The minimum absolute atomic E-state index is 0.0673. The quantitative estimate of drug-likeness (QED) is 0.619. The maximum atomic E-state index is 12.0. The summed E-state index contributed by atoms with van der Waals surface area (Å²) in [5.41, 5.74) is 4.07. The van der Waals surface area contributed by atoms with E-state index in [1.807, 2.05) is 0 Å². The molecule has 0 unspecified atom stereocenters. The van der Waals surface area contributed by atoms with E-state index in [2.05, 4.69) is 5.43 Å². The summed E-state index contributed by atoms with van der Waals surface area (Å²) in [6.45, 7) is 1.32. The lowest BCUT2D eigenvalue weighted by Crippen LogP contribution is -2.29. The van der Waals surface area contributed by atoms with Gasteiger partial charge in [0.15, 0.2) is 0 Å². The van der Waals surface area contributed by atoms with Crippen molar-refractivity contribution >= 4 is 15.7 Å². The lowest BCUT2D eigenvalue weighted by atomic mass is 10.2. The maximum Gasteiger partial charge on any atom is 0.218 e. The fourth-order valence-electron chi connectivity index (χ4n) is 1.97. The van der Waals surface area contributed by atoms with Gasteiger partial charge in [-0.25, -0.2) is 12.7 Å². The van der Waals surface area contributed by atoms with Gasteiger partial charge in [0, 0.05) is 18.8 Å². The van der Waals surface area contributed by atoms with E-state index in [4.69, 9.17) is 5.84 Å². The van der Waals surface area contributed by atoms with Gasteiger partial charge in [0.25, 0.3) is 0 Å². The Labute approximate surface area is 102 Å². The van der Waals surface area contributed by atoms with Crippen LogP contribution in [-0.2, 0) is 15.8 Å². The minimum atomic E-state index is -3.15. The van der Waals surface area contributed by atoms with Crippen molar-refractivity contribution in [2.45, 2.75) is 18.6 Å². The van der Waals surface area contributed by atoms with Gasteiger partial charge in [0.2, 0.25) is 10.0 Å². The Balaban J connectivity index is 2.08. The Bertz CT molecular complexity index is 464. The minimum Gasteiger partial charge on any atom is -0.324 e. The Morgan fingerprint density at radius 3 is 2.29 bits per heavy atom.